The van der Waals surface area contributed by atoms with Crippen LogP contribution in [0.4, 0.5) is 0 Å². The van der Waals surface area contributed by atoms with E-state index in [4.69, 9.17) is 4.42 Å². The number of fused-ring (bicyclic) bond motifs is 1. The van der Waals surface area contributed by atoms with Gasteiger partial charge in [-0.05, 0) is 30.5 Å². The highest BCUT2D eigenvalue weighted by Gasteiger charge is 2.09. The normalized spacial score (nSPS) is 13.2. The van der Waals surface area contributed by atoms with E-state index in [1.807, 2.05) is 18.2 Å². The number of aliphatic imine (C=N–C) groups is 1. The van der Waals surface area contributed by atoms with E-state index in [9.17, 15) is 0 Å². The molecule has 4 nitrogen and oxygen atoms in total. The van der Waals surface area contributed by atoms with Crippen molar-refractivity contribution in [3.05, 3.63) is 58.5 Å². The molecule has 1 unspecified atom stereocenters. The third kappa shape index (κ3) is 3.93. The highest BCUT2D eigenvalue weighted by Crippen LogP contribution is 2.19. The number of guanidine groups is 1. The molecule has 0 saturated carbocycles. The van der Waals surface area contributed by atoms with Crippen LogP contribution < -0.4 is 10.6 Å². The first-order valence-corrected chi connectivity index (χ1v) is 8.62. The van der Waals surface area contributed by atoms with Crippen LogP contribution in [0.25, 0.3) is 11.0 Å². The highest BCUT2D eigenvalue weighted by atomic mass is 32.1. The van der Waals surface area contributed by atoms with Crippen molar-refractivity contribution in [2.75, 3.05) is 13.6 Å². The van der Waals surface area contributed by atoms with Gasteiger partial charge in [0.2, 0.25) is 0 Å². The molecule has 2 heterocycles. The van der Waals surface area contributed by atoms with Gasteiger partial charge in [-0.3, -0.25) is 4.99 Å². The maximum absolute atomic E-state index is 5.82. The zero-order chi connectivity index (χ0) is 16.1. The van der Waals surface area contributed by atoms with Gasteiger partial charge in [0.1, 0.15) is 11.3 Å². The maximum atomic E-state index is 5.82. The molecule has 23 heavy (non-hydrogen) atoms. The Morgan fingerprint density at radius 2 is 2.13 bits per heavy atom. The van der Waals surface area contributed by atoms with Crippen LogP contribution in [-0.2, 0) is 6.42 Å². The first-order chi connectivity index (χ1) is 11.3. The summed E-state index contributed by atoms with van der Waals surface area (Å²) in [4.78, 5) is 5.58. The van der Waals surface area contributed by atoms with Crippen LogP contribution in [0.15, 0.2) is 57.3 Å². The van der Waals surface area contributed by atoms with Crippen LogP contribution in [0.2, 0.25) is 0 Å². The molecule has 0 bridgehead atoms. The number of benzene rings is 1. The fourth-order valence-electron chi connectivity index (χ4n) is 2.47. The van der Waals surface area contributed by atoms with Gasteiger partial charge in [0.15, 0.2) is 5.96 Å². The smallest absolute Gasteiger partial charge is 0.191 e. The van der Waals surface area contributed by atoms with Crippen LogP contribution in [0, 0.1) is 0 Å². The Labute approximate surface area is 140 Å². The second-order valence-corrected chi connectivity index (χ2v) is 6.36. The minimum Gasteiger partial charge on any atom is -0.461 e. The van der Waals surface area contributed by atoms with Gasteiger partial charge in [0.05, 0.1) is 6.04 Å². The number of rotatable bonds is 5. The molecular weight excluding hydrogens is 306 g/mol. The molecule has 2 aromatic heterocycles. The van der Waals surface area contributed by atoms with Crippen molar-refractivity contribution in [3.8, 4) is 0 Å². The van der Waals surface area contributed by atoms with E-state index in [0.717, 1.165) is 35.7 Å². The van der Waals surface area contributed by atoms with Crippen LogP contribution in [0.3, 0.4) is 0 Å². The van der Waals surface area contributed by atoms with E-state index in [0.29, 0.717) is 0 Å². The molecule has 5 heteroatoms. The molecule has 0 amide bonds. The lowest BCUT2D eigenvalue weighted by Crippen LogP contribution is -2.39. The number of nitrogens with one attached hydrogen (secondary N) is 2. The molecule has 3 aromatic rings. The molecule has 120 valence electrons. The number of hydrogen-bond acceptors (Lipinski definition) is 3. The second kappa shape index (κ2) is 7.33. The van der Waals surface area contributed by atoms with Crippen molar-refractivity contribution < 1.29 is 4.42 Å². The quantitative estimate of drug-likeness (QED) is 0.551. The summed E-state index contributed by atoms with van der Waals surface area (Å²) in [5.74, 6) is 1.79. The van der Waals surface area contributed by atoms with E-state index >= 15 is 0 Å². The van der Waals surface area contributed by atoms with Gasteiger partial charge in [-0.25, -0.2) is 0 Å². The Balaban J connectivity index is 1.52. The lowest BCUT2D eigenvalue weighted by Gasteiger charge is -2.16. The molecule has 0 aliphatic carbocycles. The molecule has 0 aliphatic heterocycles. The van der Waals surface area contributed by atoms with Gasteiger partial charge in [-0.1, -0.05) is 24.3 Å². The maximum Gasteiger partial charge on any atom is 0.191 e. The Kier molecular flexibility index (Phi) is 4.98. The highest BCUT2D eigenvalue weighted by molar-refractivity contribution is 7.10. The Hall–Kier alpha value is -2.27. The molecule has 0 spiro atoms. The molecular formula is C18H21N3OS. The van der Waals surface area contributed by atoms with Crippen molar-refractivity contribution in [3.63, 3.8) is 0 Å². The summed E-state index contributed by atoms with van der Waals surface area (Å²) >= 11 is 1.75. The average molecular weight is 327 g/mol. The largest absolute Gasteiger partial charge is 0.461 e. The minimum atomic E-state index is 0.243. The molecule has 0 fully saturated rings. The van der Waals surface area contributed by atoms with E-state index in [2.05, 4.69) is 52.2 Å². The standard InChI is InChI=1S/C18H21N3OS/c1-13(17-8-5-11-23-17)21-18(19-2)20-10-9-15-12-14-6-3-4-7-16(14)22-15/h3-8,11-13H,9-10H2,1-2H3,(H2,19,20,21). The van der Waals surface area contributed by atoms with Crippen LogP contribution in [-0.4, -0.2) is 19.6 Å². The second-order valence-electron chi connectivity index (χ2n) is 5.38. The van der Waals surface area contributed by atoms with Crippen molar-refractivity contribution >= 4 is 28.3 Å². The first-order valence-electron chi connectivity index (χ1n) is 7.74. The van der Waals surface area contributed by atoms with Gasteiger partial charge in [0, 0.05) is 30.3 Å². The Morgan fingerprint density at radius 1 is 1.26 bits per heavy atom. The summed E-state index contributed by atoms with van der Waals surface area (Å²) in [6.45, 7) is 2.91. The number of furan rings is 1. The number of para-hydroxylation sites is 1. The van der Waals surface area contributed by atoms with Crippen LogP contribution in [0.5, 0.6) is 0 Å². The van der Waals surface area contributed by atoms with Crippen LogP contribution in [0.1, 0.15) is 23.6 Å². The summed E-state index contributed by atoms with van der Waals surface area (Å²) < 4.78 is 5.82. The van der Waals surface area contributed by atoms with Crippen molar-refractivity contribution in [1.82, 2.24) is 10.6 Å². The molecule has 2 N–H and O–H groups in total. The van der Waals surface area contributed by atoms with Gasteiger partial charge < -0.3 is 15.1 Å². The monoisotopic (exact) mass is 327 g/mol. The molecule has 1 atom stereocenters. The summed E-state index contributed by atoms with van der Waals surface area (Å²) in [7, 11) is 1.79. The first kappa shape index (κ1) is 15.6. The average Bonchev–Trinajstić information content (AvgIpc) is 3.22. The molecule has 0 saturated heterocycles. The minimum absolute atomic E-state index is 0.243. The predicted molar refractivity (Wildman–Crippen MR) is 97.1 cm³/mol. The predicted octanol–water partition coefficient (Wildman–Crippen LogP) is 3.96. The van der Waals surface area contributed by atoms with Gasteiger partial charge in [-0.15, -0.1) is 11.3 Å². The lowest BCUT2D eigenvalue weighted by atomic mass is 10.2. The van der Waals surface area contributed by atoms with Crippen molar-refractivity contribution in [1.29, 1.82) is 0 Å². The van der Waals surface area contributed by atoms with Gasteiger partial charge in [0.25, 0.3) is 0 Å². The van der Waals surface area contributed by atoms with Gasteiger partial charge in [-0.2, -0.15) is 0 Å². The van der Waals surface area contributed by atoms with Crippen molar-refractivity contribution in [2.24, 2.45) is 4.99 Å². The summed E-state index contributed by atoms with van der Waals surface area (Å²) in [5.41, 5.74) is 0.941. The third-order valence-corrected chi connectivity index (χ3v) is 4.74. The fourth-order valence-corrected chi connectivity index (χ4v) is 3.21. The topological polar surface area (TPSA) is 49.6 Å². The summed E-state index contributed by atoms with van der Waals surface area (Å²) in [6.07, 6.45) is 0.822. The van der Waals surface area contributed by atoms with Gasteiger partial charge >= 0.3 is 0 Å². The van der Waals surface area contributed by atoms with Crippen molar-refractivity contribution in [2.45, 2.75) is 19.4 Å². The van der Waals surface area contributed by atoms with Crippen LogP contribution >= 0.6 is 11.3 Å². The SMILES string of the molecule is CN=C(NCCc1cc2ccccc2o1)NC(C)c1cccs1. The van der Waals surface area contributed by atoms with E-state index in [1.54, 1.807) is 18.4 Å². The lowest BCUT2D eigenvalue weighted by molar-refractivity contribution is 0.544. The Bertz CT molecular complexity index is 744. The van der Waals surface area contributed by atoms with E-state index < -0.39 is 0 Å². The molecule has 3 rings (SSSR count). The number of nitrogens with zero attached hydrogens (tertiary/aromatic N) is 1. The summed E-state index contributed by atoms with van der Waals surface area (Å²) in [5, 5.41) is 9.98. The molecule has 0 radical (unpaired) electrons. The Morgan fingerprint density at radius 3 is 2.87 bits per heavy atom. The fraction of sp³-hybridized carbons (Fsp3) is 0.278. The third-order valence-electron chi connectivity index (χ3n) is 3.69. The zero-order valence-electron chi connectivity index (χ0n) is 13.4. The number of hydrogen-bond donors (Lipinski definition) is 2. The molecule has 0 aliphatic rings. The van der Waals surface area contributed by atoms with E-state index in [-0.39, 0.29) is 6.04 Å². The van der Waals surface area contributed by atoms with E-state index in [1.165, 1.54) is 4.88 Å². The zero-order valence-corrected chi connectivity index (χ0v) is 14.2. The molecule has 1 aromatic carbocycles. The number of thiophene rings is 1. The summed E-state index contributed by atoms with van der Waals surface area (Å²) in [6, 6.07) is 14.6.